The molecule has 23 heavy (non-hydrogen) atoms. The third-order valence-electron chi connectivity index (χ3n) is 3.22. The number of carbonyl (C=O) groups excluding carboxylic acids is 1. The van der Waals surface area contributed by atoms with E-state index in [1.807, 2.05) is 12.1 Å². The molecule has 0 saturated heterocycles. The zero-order valence-electron chi connectivity index (χ0n) is 12.7. The molecule has 0 aromatic heterocycles. The van der Waals surface area contributed by atoms with E-state index in [1.165, 1.54) is 6.07 Å². The van der Waals surface area contributed by atoms with E-state index in [9.17, 15) is 13.6 Å². The molecule has 122 valence electrons. The van der Waals surface area contributed by atoms with Gasteiger partial charge in [-0.15, -0.1) is 0 Å². The Kier molecular flexibility index (Phi) is 6.05. The smallest absolute Gasteiger partial charge is 0.257 e. The summed E-state index contributed by atoms with van der Waals surface area (Å²) in [6, 6.07) is 10.6. The number of hydrogen-bond donors (Lipinski definition) is 2. The maximum atomic E-state index is 13.5. The van der Waals surface area contributed by atoms with E-state index in [2.05, 4.69) is 10.6 Å². The van der Waals surface area contributed by atoms with Crippen LogP contribution in [0.2, 0.25) is 0 Å². The van der Waals surface area contributed by atoms with Crippen molar-refractivity contribution >= 4 is 5.91 Å². The monoisotopic (exact) mass is 320 g/mol. The zero-order valence-corrected chi connectivity index (χ0v) is 12.7. The SMILES string of the molecule is CNC(=O)COc1ccc(CNCc2cc(F)ccc2F)cc1. The minimum atomic E-state index is -0.458. The number of likely N-dealkylation sites (N-methyl/N-ethyl adjacent to an activating group) is 1. The van der Waals surface area contributed by atoms with Gasteiger partial charge in [-0.3, -0.25) is 4.79 Å². The number of hydrogen-bond acceptors (Lipinski definition) is 3. The van der Waals surface area contributed by atoms with Gasteiger partial charge in [-0.25, -0.2) is 8.78 Å². The number of ether oxygens (including phenoxy) is 1. The van der Waals surface area contributed by atoms with Crippen molar-refractivity contribution in [3.8, 4) is 5.75 Å². The summed E-state index contributed by atoms with van der Waals surface area (Å²) < 4.78 is 31.8. The van der Waals surface area contributed by atoms with Crippen LogP contribution in [-0.4, -0.2) is 19.6 Å². The fourth-order valence-corrected chi connectivity index (χ4v) is 1.94. The Balaban J connectivity index is 1.82. The van der Waals surface area contributed by atoms with Crippen LogP contribution in [0, 0.1) is 11.6 Å². The standard InChI is InChI=1S/C17H18F2N2O2/c1-20-17(22)11-23-15-5-2-12(3-6-15)9-21-10-13-8-14(18)4-7-16(13)19/h2-8,21H,9-11H2,1H3,(H,20,22). The van der Waals surface area contributed by atoms with Crippen LogP contribution in [0.25, 0.3) is 0 Å². The minimum absolute atomic E-state index is 0.0348. The van der Waals surface area contributed by atoms with E-state index in [-0.39, 0.29) is 24.6 Å². The van der Waals surface area contributed by atoms with Crippen LogP contribution in [0.4, 0.5) is 8.78 Å². The molecule has 0 spiro atoms. The Hall–Kier alpha value is -2.47. The average Bonchev–Trinajstić information content (AvgIpc) is 2.57. The van der Waals surface area contributed by atoms with Gasteiger partial charge in [0.05, 0.1) is 0 Å². The third-order valence-corrected chi connectivity index (χ3v) is 3.22. The van der Waals surface area contributed by atoms with Crippen molar-refractivity contribution in [3.63, 3.8) is 0 Å². The molecule has 0 aliphatic rings. The Bertz CT molecular complexity index is 660. The third kappa shape index (κ3) is 5.34. The van der Waals surface area contributed by atoms with E-state index in [0.717, 1.165) is 17.7 Å². The fourth-order valence-electron chi connectivity index (χ4n) is 1.94. The van der Waals surface area contributed by atoms with Gasteiger partial charge in [-0.05, 0) is 35.9 Å². The van der Waals surface area contributed by atoms with E-state index in [0.29, 0.717) is 12.3 Å². The molecule has 6 heteroatoms. The first-order valence-corrected chi connectivity index (χ1v) is 7.15. The van der Waals surface area contributed by atoms with Crippen LogP contribution in [-0.2, 0) is 17.9 Å². The van der Waals surface area contributed by atoms with Gasteiger partial charge in [0.2, 0.25) is 0 Å². The van der Waals surface area contributed by atoms with Crippen LogP contribution in [0.1, 0.15) is 11.1 Å². The Labute approximate surface area is 133 Å². The lowest BCUT2D eigenvalue weighted by atomic mass is 10.2. The summed E-state index contributed by atoms with van der Waals surface area (Å²) >= 11 is 0. The first kappa shape index (κ1) is 16.9. The molecule has 2 aromatic rings. The largest absolute Gasteiger partial charge is 0.484 e. The zero-order chi connectivity index (χ0) is 16.7. The molecule has 0 saturated carbocycles. The number of carbonyl (C=O) groups is 1. The van der Waals surface area contributed by atoms with Crippen molar-refractivity contribution in [2.24, 2.45) is 0 Å². The molecule has 4 nitrogen and oxygen atoms in total. The summed E-state index contributed by atoms with van der Waals surface area (Å²) in [5.41, 5.74) is 1.25. The lowest BCUT2D eigenvalue weighted by Gasteiger charge is -2.08. The predicted molar refractivity (Wildman–Crippen MR) is 82.9 cm³/mol. The molecule has 0 atom stereocenters. The van der Waals surface area contributed by atoms with Crippen molar-refractivity contribution in [3.05, 3.63) is 65.2 Å². The Morgan fingerprint density at radius 1 is 1.09 bits per heavy atom. The number of halogens is 2. The predicted octanol–water partition coefficient (Wildman–Crippen LogP) is 2.38. The van der Waals surface area contributed by atoms with E-state index >= 15 is 0 Å². The molecule has 2 N–H and O–H groups in total. The topological polar surface area (TPSA) is 50.4 Å². The van der Waals surface area contributed by atoms with E-state index < -0.39 is 11.6 Å². The molecular formula is C17H18F2N2O2. The second kappa shape index (κ2) is 8.24. The number of nitrogens with one attached hydrogen (secondary N) is 2. The molecule has 2 aromatic carbocycles. The Morgan fingerprint density at radius 3 is 2.52 bits per heavy atom. The highest BCUT2D eigenvalue weighted by molar-refractivity contribution is 5.77. The van der Waals surface area contributed by atoms with E-state index in [4.69, 9.17) is 4.74 Å². The van der Waals surface area contributed by atoms with Crippen LogP contribution in [0.3, 0.4) is 0 Å². The molecule has 1 amide bonds. The highest BCUT2D eigenvalue weighted by Crippen LogP contribution is 2.13. The van der Waals surface area contributed by atoms with Crippen molar-refractivity contribution in [2.75, 3.05) is 13.7 Å². The van der Waals surface area contributed by atoms with Crippen LogP contribution >= 0.6 is 0 Å². The van der Waals surface area contributed by atoms with Gasteiger partial charge in [0, 0.05) is 25.7 Å². The van der Waals surface area contributed by atoms with Crippen molar-refractivity contribution in [1.29, 1.82) is 0 Å². The molecule has 0 radical (unpaired) electrons. The van der Waals surface area contributed by atoms with Crippen LogP contribution in [0.5, 0.6) is 5.75 Å². The maximum Gasteiger partial charge on any atom is 0.257 e. The average molecular weight is 320 g/mol. The highest BCUT2D eigenvalue weighted by Gasteiger charge is 2.04. The highest BCUT2D eigenvalue weighted by atomic mass is 19.1. The second-order valence-electron chi connectivity index (χ2n) is 4.95. The van der Waals surface area contributed by atoms with Gasteiger partial charge in [-0.2, -0.15) is 0 Å². The first-order chi connectivity index (χ1) is 11.1. The van der Waals surface area contributed by atoms with Crippen LogP contribution < -0.4 is 15.4 Å². The van der Waals surface area contributed by atoms with Crippen molar-refractivity contribution in [1.82, 2.24) is 10.6 Å². The summed E-state index contributed by atoms with van der Waals surface area (Å²) in [5.74, 6) is -0.501. The quantitative estimate of drug-likeness (QED) is 0.823. The fraction of sp³-hybridized carbons (Fsp3) is 0.235. The maximum absolute atomic E-state index is 13.5. The number of rotatable bonds is 7. The van der Waals surface area contributed by atoms with E-state index in [1.54, 1.807) is 19.2 Å². The summed E-state index contributed by atoms with van der Waals surface area (Å²) in [5, 5.41) is 5.52. The van der Waals surface area contributed by atoms with Gasteiger partial charge in [0.1, 0.15) is 17.4 Å². The first-order valence-electron chi connectivity index (χ1n) is 7.15. The lowest BCUT2D eigenvalue weighted by molar-refractivity contribution is -0.122. The lowest BCUT2D eigenvalue weighted by Crippen LogP contribution is -2.24. The Morgan fingerprint density at radius 2 is 1.83 bits per heavy atom. The molecular weight excluding hydrogens is 302 g/mol. The van der Waals surface area contributed by atoms with Crippen molar-refractivity contribution in [2.45, 2.75) is 13.1 Å². The minimum Gasteiger partial charge on any atom is -0.484 e. The molecule has 0 heterocycles. The van der Waals surface area contributed by atoms with Gasteiger partial charge in [0.15, 0.2) is 6.61 Å². The summed E-state index contributed by atoms with van der Waals surface area (Å²) in [7, 11) is 1.54. The summed E-state index contributed by atoms with van der Waals surface area (Å²) in [4.78, 5) is 11.1. The van der Waals surface area contributed by atoms with Gasteiger partial charge >= 0.3 is 0 Å². The molecule has 0 bridgehead atoms. The van der Waals surface area contributed by atoms with Gasteiger partial charge in [0.25, 0.3) is 5.91 Å². The summed E-state index contributed by atoms with van der Waals surface area (Å²) in [6.07, 6.45) is 0. The van der Waals surface area contributed by atoms with Gasteiger partial charge < -0.3 is 15.4 Å². The number of amides is 1. The number of benzene rings is 2. The van der Waals surface area contributed by atoms with Gasteiger partial charge in [-0.1, -0.05) is 12.1 Å². The molecule has 0 aliphatic carbocycles. The molecule has 0 fully saturated rings. The molecule has 0 aliphatic heterocycles. The molecule has 0 unspecified atom stereocenters. The molecule has 2 rings (SSSR count). The second-order valence-corrected chi connectivity index (χ2v) is 4.95. The van der Waals surface area contributed by atoms with Crippen LogP contribution in [0.15, 0.2) is 42.5 Å². The summed E-state index contributed by atoms with van der Waals surface area (Å²) in [6.45, 7) is 0.705. The van der Waals surface area contributed by atoms with Crippen molar-refractivity contribution < 1.29 is 18.3 Å². The normalized spacial score (nSPS) is 10.4.